The monoisotopic (exact) mass is 251 g/mol. The Morgan fingerprint density at radius 2 is 2.35 bits per heavy atom. The molecule has 0 aromatic heterocycles. The second-order valence-corrected chi connectivity index (χ2v) is 4.45. The first kappa shape index (κ1) is 13.4. The second-order valence-electron chi connectivity index (χ2n) is 3.34. The van der Waals surface area contributed by atoms with Gasteiger partial charge in [-0.05, 0) is 17.7 Å². The summed E-state index contributed by atoms with van der Waals surface area (Å²) < 4.78 is 5.10. The molecule has 4 nitrogen and oxygen atoms in total. The van der Waals surface area contributed by atoms with Crippen LogP contribution in [0.15, 0.2) is 18.2 Å². The largest absolute Gasteiger partial charge is 0.495 e. The summed E-state index contributed by atoms with van der Waals surface area (Å²) in [5.74, 6) is 1.08. The molecule has 5 heteroatoms. The first-order chi connectivity index (χ1) is 8.17. The number of hydrogen-bond acceptors (Lipinski definition) is 4. The Morgan fingerprint density at radius 3 is 2.94 bits per heavy atom. The minimum Gasteiger partial charge on any atom is -0.495 e. The van der Waals surface area contributed by atoms with E-state index in [1.54, 1.807) is 17.8 Å². The minimum absolute atomic E-state index is 0.165. The molecule has 0 aliphatic rings. The van der Waals surface area contributed by atoms with Crippen molar-refractivity contribution in [2.24, 2.45) is 0 Å². The predicted octanol–water partition coefficient (Wildman–Crippen LogP) is 2.27. The van der Waals surface area contributed by atoms with Gasteiger partial charge in [-0.25, -0.2) is 0 Å². The van der Waals surface area contributed by atoms with Gasteiger partial charge in [0.15, 0.2) is 0 Å². The van der Waals surface area contributed by atoms with Crippen molar-refractivity contribution in [1.82, 2.24) is 0 Å². The number of rotatable bonds is 6. The third-order valence-electron chi connectivity index (χ3n) is 2.12. The van der Waals surface area contributed by atoms with Gasteiger partial charge in [0.25, 0.3) is 0 Å². The van der Waals surface area contributed by atoms with Crippen molar-refractivity contribution >= 4 is 17.7 Å². The van der Waals surface area contributed by atoms with Gasteiger partial charge in [-0.1, -0.05) is 6.07 Å². The molecule has 17 heavy (non-hydrogen) atoms. The van der Waals surface area contributed by atoms with E-state index in [2.05, 4.69) is 0 Å². The van der Waals surface area contributed by atoms with Crippen LogP contribution < -0.4 is 4.74 Å². The molecule has 1 aromatic rings. The van der Waals surface area contributed by atoms with Crippen LogP contribution in [0.4, 0.5) is 0 Å². The lowest BCUT2D eigenvalue weighted by Gasteiger charge is -2.05. The van der Waals surface area contributed by atoms with Gasteiger partial charge in [-0.3, -0.25) is 4.79 Å². The first-order valence-electron chi connectivity index (χ1n) is 5.04. The van der Waals surface area contributed by atoms with Crippen molar-refractivity contribution in [1.29, 1.82) is 5.26 Å². The zero-order valence-corrected chi connectivity index (χ0v) is 10.3. The molecule has 0 saturated carbocycles. The summed E-state index contributed by atoms with van der Waals surface area (Å²) in [5.41, 5.74) is 1.53. The quantitative estimate of drug-likeness (QED) is 0.785. The predicted molar refractivity (Wildman–Crippen MR) is 66.1 cm³/mol. The van der Waals surface area contributed by atoms with E-state index in [0.29, 0.717) is 17.1 Å². The summed E-state index contributed by atoms with van der Waals surface area (Å²) in [6, 6.07) is 7.43. The normalized spacial score (nSPS) is 9.65. The highest BCUT2D eigenvalue weighted by molar-refractivity contribution is 7.98. The van der Waals surface area contributed by atoms with Crippen LogP contribution in [0.2, 0.25) is 0 Å². The summed E-state index contributed by atoms with van der Waals surface area (Å²) in [6.45, 7) is 0. The lowest BCUT2D eigenvalue weighted by Crippen LogP contribution is -1.96. The average Bonchev–Trinajstić information content (AvgIpc) is 2.34. The van der Waals surface area contributed by atoms with Crippen LogP contribution in [0.25, 0.3) is 0 Å². The highest BCUT2D eigenvalue weighted by atomic mass is 32.2. The van der Waals surface area contributed by atoms with Gasteiger partial charge >= 0.3 is 5.97 Å². The van der Waals surface area contributed by atoms with Gasteiger partial charge < -0.3 is 9.84 Å². The fourth-order valence-corrected chi connectivity index (χ4v) is 2.15. The molecule has 0 heterocycles. The van der Waals surface area contributed by atoms with E-state index in [9.17, 15) is 4.79 Å². The van der Waals surface area contributed by atoms with Gasteiger partial charge in [0.2, 0.25) is 0 Å². The van der Waals surface area contributed by atoms with Gasteiger partial charge in [0.05, 0.1) is 19.1 Å². The zero-order chi connectivity index (χ0) is 12.7. The standard InChI is InChI=1S/C12H13NO3S/c1-16-11-6-9(2-3-10(11)7-13)8-17-5-4-12(14)15/h2-3,6H,4-5,8H2,1H3,(H,14,15). The van der Waals surface area contributed by atoms with E-state index in [-0.39, 0.29) is 6.42 Å². The number of ether oxygens (including phenoxy) is 1. The van der Waals surface area contributed by atoms with E-state index >= 15 is 0 Å². The maximum absolute atomic E-state index is 10.3. The number of carboxylic acid groups (broad SMARTS) is 1. The molecular weight excluding hydrogens is 238 g/mol. The van der Waals surface area contributed by atoms with Crippen molar-refractivity contribution in [2.75, 3.05) is 12.9 Å². The number of methoxy groups -OCH3 is 1. The lowest BCUT2D eigenvalue weighted by molar-refractivity contribution is -0.136. The lowest BCUT2D eigenvalue weighted by atomic mass is 10.1. The maximum atomic E-state index is 10.3. The molecular formula is C12H13NO3S. The number of thioether (sulfide) groups is 1. The summed E-state index contributed by atoms with van der Waals surface area (Å²) in [7, 11) is 1.53. The summed E-state index contributed by atoms with van der Waals surface area (Å²) in [4.78, 5) is 10.3. The van der Waals surface area contributed by atoms with Gasteiger partial charge in [-0.15, -0.1) is 0 Å². The summed E-state index contributed by atoms with van der Waals surface area (Å²) in [6.07, 6.45) is 0.165. The Morgan fingerprint density at radius 1 is 1.59 bits per heavy atom. The van der Waals surface area contributed by atoms with Crippen LogP contribution in [-0.2, 0) is 10.5 Å². The smallest absolute Gasteiger partial charge is 0.304 e. The average molecular weight is 251 g/mol. The van der Waals surface area contributed by atoms with Gasteiger partial charge in [-0.2, -0.15) is 17.0 Å². The number of nitrogens with zero attached hydrogens (tertiary/aromatic N) is 1. The molecule has 0 aliphatic heterocycles. The number of carboxylic acids is 1. The molecule has 0 bridgehead atoms. The van der Waals surface area contributed by atoms with Gasteiger partial charge in [0.1, 0.15) is 11.8 Å². The molecule has 1 rings (SSSR count). The first-order valence-corrected chi connectivity index (χ1v) is 6.19. The molecule has 0 atom stereocenters. The Balaban J connectivity index is 2.55. The third-order valence-corrected chi connectivity index (χ3v) is 3.15. The second kappa shape index (κ2) is 6.81. The molecule has 0 radical (unpaired) electrons. The number of aliphatic carboxylic acids is 1. The Labute approximate surface area is 104 Å². The molecule has 0 saturated heterocycles. The highest BCUT2D eigenvalue weighted by Crippen LogP contribution is 2.22. The van der Waals surface area contributed by atoms with E-state index < -0.39 is 5.97 Å². The van der Waals surface area contributed by atoms with Crippen LogP contribution in [-0.4, -0.2) is 23.9 Å². The van der Waals surface area contributed by atoms with Crippen LogP contribution >= 0.6 is 11.8 Å². The van der Waals surface area contributed by atoms with E-state index in [4.69, 9.17) is 15.1 Å². The molecule has 1 N–H and O–H groups in total. The van der Waals surface area contributed by atoms with E-state index in [1.807, 2.05) is 18.2 Å². The third kappa shape index (κ3) is 4.37. The number of carbonyl (C=O) groups is 1. The fraction of sp³-hybridized carbons (Fsp3) is 0.333. The van der Waals surface area contributed by atoms with Crippen molar-refractivity contribution in [3.8, 4) is 11.8 Å². The van der Waals surface area contributed by atoms with Crippen LogP contribution in [0.3, 0.4) is 0 Å². The molecule has 90 valence electrons. The molecule has 0 amide bonds. The summed E-state index contributed by atoms with van der Waals surface area (Å²) >= 11 is 1.55. The van der Waals surface area contributed by atoms with Gasteiger partial charge in [0, 0.05) is 11.5 Å². The van der Waals surface area contributed by atoms with Crippen LogP contribution in [0, 0.1) is 11.3 Å². The Kier molecular flexibility index (Phi) is 5.37. The van der Waals surface area contributed by atoms with Crippen LogP contribution in [0.1, 0.15) is 17.5 Å². The van der Waals surface area contributed by atoms with E-state index in [0.717, 1.165) is 11.3 Å². The number of nitriles is 1. The minimum atomic E-state index is -0.782. The summed E-state index contributed by atoms with van der Waals surface area (Å²) in [5, 5.41) is 17.3. The SMILES string of the molecule is COc1cc(CSCCC(=O)O)ccc1C#N. The van der Waals surface area contributed by atoms with Crippen molar-refractivity contribution in [3.63, 3.8) is 0 Å². The highest BCUT2D eigenvalue weighted by Gasteiger charge is 2.04. The number of benzene rings is 1. The van der Waals surface area contributed by atoms with Crippen molar-refractivity contribution in [3.05, 3.63) is 29.3 Å². The zero-order valence-electron chi connectivity index (χ0n) is 9.47. The molecule has 0 fully saturated rings. The molecule has 1 aromatic carbocycles. The fourth-order valence-electron chi connectivity index (χ4n) is 1.27. The molecule has 0 spiro atoms. The van der Waals surface area contributed by atoms with Crippen molar-refractivity contribution < 1.29 is 14.6 Å². The molecule has 0 unspecified atom stereocenters. The molecule has 0 aliphatic carbocycles. The Hall–Kier alpha value is -1.67. The van der Waals surface area contributed by atoms with Crippen molar-refractivity contribution in [2.45, 2.75) is 12.2 Å². The number of hydrogen-bond donors (Lipinski definition) is 1. The van der Waals surface area contributed by atoms with E-state index in [1.165, 1.54) is 7.11 Å². The maximum Gasteiger partial charge on any atom is 0.304 e. The Bertz CT molecular complexity index is 440. The topological polar surface area (TPSA) is 70.3 Å². The van der Waals surface area contributed by atoms with Crippen LogP contribution in [0.5, 0.6) is 5.75 Å².